The summed E-state index contributed by atoms with van der Waals surface area (Å²) in [7, 11) is -1.49. The summed E-state index contributed by atoms with van der Waals surface area (Å²) in [6.07, 6.45) is 1.01. The molecular formula is C28H32FN7O5S2. The predicted octanol–water partition coefficient (Wildman–Crippen LogP) is 4.98. The van der Waals surface area contributed by atoms with Crippen LogP contribution >= 0.6 is 11.3 Å². The number of methoxy groups -OCH3 is 2. The minimum atomic E-state index is -4.22. The van der Waals surface area contributed by atoms with Crippen molar-refractivity contribution >= 4 is 39.1 Å². The summed E-state index contributed by atoms with van der Waals surface area (Å²) < 4.78 is 54.4. The predicted molar refractivity (Wildman–Crippen MR) is 162 cm³/mol. The number of anilines is 2. The number of ether oxygens (including phenoxy) is 2. The van der Waals surface area contributed by atoms with Crippen LogP contribution in [0.2, 0.25) is 0 Å². The number of carbonyl (C=O) groups is 1. The Morgan fingerprint density at radius 1 is 1.05 bits per heavy atom. The van der Waals surface area contributed by atoms with Crippen molar-refractivity contribution in [1.29, 1.82) is 0 Å². The largest absolute Gasteiger partial charge is 0.495 e. The number of benzene rings is 1. The van der Waals surface area contributed by atoms with Crippen LogP contribution in [0.15, 0.2) is 47.6 Å². The van der Waals surface area contributed by atoms with Crippen molar-refractivity contribution < 1.29 is 27.1 Å². The van der Waals surface area contributed by atoms with Crippen molar-refractivity contribution in [2.75, 3.05) is 37.3 Å². The van der Waals surface area contributed by atoms with Crippen LogP contribution in [0.3, 0.4) is 0 Å². The molecule has 0 fully saturated rings. The fourth-order valence-electron chi connectivity index (χ4n) is 3.86. The molecule has 0 atom stereocenters. The van der Waals surface area contributed by atoms with Crippen LogP contribution in [0, 0.1) is 12.7 Å². The van der Waals surface area contributed by atoms with Crippen molar-refractivity contribution in [3.8, 4) is 27.6 Å². The van der Waals surface area contributed by atoms with Crippen molar-refractivity contribution in [3.05, 3.63) is 59.1 Å². The van der Waals surface area contributed by atoms with Crippen LogP contribution in [0.5, 0.6) is 5.75 Å². The quantitative estimate of drug-likeness (QED) is 0.204. The second kappa shape index (κ2) is 12.9. The normalized spacial score (nSPS) is 11.6. The molecule has 4 rings (SSSR count). The van der Waals surface area contributed by atoms with Crippen molar-refractivity contribution in [1.82, 2.24) is 25.3 Å². The summed E-state index contributed by atoms with van der Waals surface area (Å²) in [5.74, 6) is -0.0755. The fraction of sp³-hybridized carbons (Fsp3) is 0.321. The van der Waals surface area contributed by atoms with Gasteiger partial charge in [0.1, 0.15) is 5.75 Å². The van der Waals surface area contributed by atoms with E-state index in [0.29, 0.717) is 40.2 Å². The standard InChI is InChI=1S/C28H32FN7O5S2/c1-16-20(40-5)10-11-21(33-16)43(38,39)36-18-9-7-8-17(22(18)29)23-24(42-25(35-23)28(2,3)4)19-12-13-30-26(34-19)31-14-15-32-27(37)41-6/h7-13,36H,14-15H2,1-6H3,(H,32,37)(H,30,31,34). The molecule has 12 nitrogen and oxygen atoms in total. The molecule has 4 aromatic rings. The van der Waals surface area contributed by atoms with Crippen LogP contribution in [-0.4, -0.2) is 61.8 Å². The molecule has 43 heavy (non-hydrogen) atoms. The number of aryl methyl sites for hydroxylation is 1. The number of aromatic nitrogens is 4. The van der Waals surface area contributed by atoms with Crippen LogP contribution < -0.4 is 20.1 Å². The lowest BCUT2D eigenvalue weighted by Crippen LogP contribution is -2.28. The summed E-state index contributed by atoms with van der Waals surface area (Å²) in [6, 6.07) is 8.87. The van der Waals surface area contributed by atoms with Gasteiger partial charge in [-0.3, -0.25) is 4.72 Å². The maximum absolute atomic E-state index is 16.1. The van der Waals surface area contributed by atoms with Crippen molar-refractivity contribution in [3.63, 3.8) is 0 Å². The van der Waals surface area contributed by atoms with Gasteiger partial charge in [0, 0.05) is 30.3 Å². The third-order valence-electron chi connectivity index (χ3n) is 6.03. The Balaban J connectivity index is 1.70. The van der Waals surface area contributed by atoms with Gasteiger partial charge in [0.05, 0.1) is 46.9 Å². The van der Waals surface area contributed by atoms with Gasteiger partial charge < -0.3 is 20.1 Å². The Hall–Kier alpha value is -4.37. The molecule has 3 aromatic heterocycles. The summed E-state index contributed by atoms with van der Waals surface area (Å²) in [4.78, 5) is 29.6. The molecule has 0 aliphatic carbocycles. The topological polar surface area (TPSA) is 157 Å². The summed E-state index contributed by atoms with van der Waals surface area (Å²) >= 11 is 1.36. The highest BCUT2D eigenvalue weighted by Crippen LogP contribution is 2.42. The van der Waals surface area contributed by atoms with E-state index in [1.807, 2.05) is 20.8 Å². The number of alkyl carbamates (subject to hydrolysis) is 1. The number of thiazole rings is 1. The summed E-state index contributed by atoms with van der Waals surface area (Å²) in [5, 5.41) is 6.05. The van der Waals surface area contributed by atoms with E-state index in [0.717, 1.165) is 5.01 Å². The Bertz CT molecular complexity index is 1740. The van der Waals surface area contributed by atoms with Crippen molar-refractivity contribution in [2.24, 2.45) is 0 Å². The van der Waals surface area contributed by atoms with Crippen LogP contribution in [0.25, 0.3) is 21.8 Å². The van der Waals surface area contributed by atoms with Gasteiger partial charge in [-0.1, -0.05) is 26.8 Å². The molecule has 0 aliphatic rings. The van der Waals surface area contributed by atoms with Gasteiger partial charge in [-0.05, 0) is 37.3 Å². The zero-order valence-corrected chi connectivity index (χ0v) is 26.1. The fourth-order valence-corrected chi connectivity index (χ4v) is 6.02. The molecule has 0 aliphatic heterocycles. The van der Waals surface area contributed by atoms with Crippen molar-refractivity contribution in [2.45, 2.75) is 38.1 Å². The highest BCUT2D eigenvalue weighted by Gasteiger charge is 2.27. The lowest BCUT2D eigenvalue weighted by Gasteiger charge is -2.14. The summed E-state index contributed by atoms with van der Waals surface area (Å²) in [6.45, 7) is 8.20. The number of hydrogen-bond acceptors (Lipinski definition) is 11. The minimum absolute atomic E-state index is 0.0937. The third-order valence-corrected chi connectivity index (χ3v) is 8.80. The number of halogens is 1. The highest BCUT2D eigenvalue weighted by molar-refractivity contribution is 7.92. The van der Waals surface area contributed by atoms with E-state index in [9.17, 15) is 13.2 Å². The monoisotopic (exact) mass is 629 g/mol. The highest BCUT2D eigenvalue weighted by atomic mass is 32.2. The first-order valence-electron chi connectivity index (χ1n) is 13.1. The molecule has 228 valence electrons. The first-order chi connectivity index (χ1) is 20.3. The smallest absolute Gasteiger partial charge is 0.406 e. The van der Waals surface area contributed by atoms with E-state index in [2.05, 4.69) is 35.0 Å². The Morgan fingerprint density at radius 3 is 2.49 bits per heavy atom. The molecular weight excluding hydrogens is 597 g/mol. The molecule has 0 saturated heterocycles. The van der Waals surface area contributed by atoms with Gasteiger partial charge in [0.15, 0.2) is 10.8 Å². The SMILES string of the molecule is COC(=O)NCCNc1nccc(-c2sc(C(C)(C)C)nc2-c2cccc(NS(=O)(=O)c3ccc(OC)c(C)n3)c2F)n1. The van der Waals surface area contributed by atoms with Crippen LogP contribution in [-0.2, 0) is 20.2 Å². The van der Waals surface area contributed by atoms with E-state index in [4.69, 9.17) is 9.72 Å². The van der Waals surface area contributed by atoms with Gasteiger partial charge in [-0.25, -0.2) is 29.1 Å². The molecule has 0 spiro atoms. The zero-order valence-electron chi connectivity index (χ0n) is 24.5. The van der Waals surface area contributed by atoms with E-state index >= 15 is 4.39 Å². The third kappa shape index (κ3) is 7.35. The number of carbonyl (C=O) groups excluding carboxylic acids is 1. The molecule has 1 aromatic carbocycles. The number of pyridine rings is 1. The molecule has 0 saturated carbocycles. The minimum Gasteiger partial charge on any atom is -0.495 e. The molecule has 0 bridgehead atoms. The second-order valence-electron chi connectivity index (χ2n) is 10.3. The maximum atomic E-state index is 16.1. The lowest BCUT2D eigenvalue weighted by atomic mass is 9.98. The Morgan fingerprint density at radius 2 is 1.81 bits per heavy atom. The number of amides is 1. The number of rotatable bonds is 10. The van der Waals surface area contributed by atoms with Gasteiger partial charge in [0.25, 0.3) is 10.0 Å². The van der Waals surface area contributed by atoms with Gasteiger partial charge in [0.2, 0.25) is 5.95 Å². The molecule has 0 unspecified atom stereocenters. The molecule has 15 heteroatoms. The number of nitrogens with zero attached hydrogens (tertiary/aromatic N) is 4. The molecule has 1 amide bonds. The Kier molecular flexibility index (Phi) is 9.45. The van der Waals surface area contributed by atoms with E-state index < -0.39 is 21.9 Å². The first-order valence-corrected chi connectivity index (χ1v) is 15.4. The first kappa shape index (κ1) is 31.6. The number of hydrogen-bond donors (Lipinski definition) is 3. The molecule has 0 radical (unpaired) electrons. The summed E-state index contributed by atoms with van der Waals surface area (Å²) in [5.41, 5.74) is 0.649. The van der Waals surface area contributed by atoms with Gasteiger partial charge >= 0.3 is 6.09 Å². The van der Waals surface area contributed by atoms with E-state index in [1.165, 1.54) is 49.8 Å². The lowest BCUT2D eigenvalue weighted by molar-refractivity contribution is 0.171. The maximum Gasteiger partial charge on any atom is 0.406 e. The Labute approximate surface area is 253 Å². The van der Waals surface area contributed by atoms with E-state index in [1.54, 1.807) is 25.3 Å². The number of nitrogens with one attached hydrogen (secondary N) is 3. The zero-order chi connectivity index (χ0) is 31.4. The van der Waals surface area contributed by atoms with Gasteiger partial charge in [-0.2, -0.15) is 8.42 Å². The average molecular weight is 630 g/mol. The van der Waals surface area contributed by atoms with Gasteiger partial charge in [-0.15, -0.1) is 11.3 Å². The number of sulfonamides is 1. The van der Waals surface area contributed by atoms with Crippen LogP contribution in [0.4, 0.5) is 20.8 Å². The molecule has 3 heterocycles. The molecule has 3 N–H and O–H groups in total. The van der Waals surface area contributed by atoms with E-state index in [-0.39, 0.29) is 28.2 Å². The second-order valence-corrected chi connectivity index (χ2v) is 12.9. The van der Waals surface area contributed by atoms with Crippen LogP contribution in [0.1, 0.15) is 31.5 Å². The average Bonchev–Trinajstić information content (AvgIpc) is 3.42.